The molecule has 180 valence electrons. The number of rotatable bonds is 6. The topological polar surface area (TPSA) is 120 Å². The van der Waals surface area contributed by atoms with Gasteiger partial charge in [-0.3, -0.25) is 19.5 Å². The second kappa shape index (κ2) is 9.72. The largest absolute Gasteiger partial charge is 0.516 e. The van der Waals surface area contributed by atoms with E-state index in [1.54, 1.807) is 41.9 Å². The molecule has 1 fully saturated rings. The molecule has 4 heterocycles. The number of aromatic nitrogens is 2. The number of fused-ring (bicyclic) bond motifs is 1. The van der Waals surface area contributed by atoms with Crippen LogP contribution in [-0.4, -0.2) is 59.7 Å². The van der Waals surface area contributed by atoms with Crippen molar-refractivity contribution in [3.05, 3.63) is 71.2 Å². The Morgan fingerprint density at radius 2 is 2.26 bits per heavy atom. The minimum Gasteiger partial charge on any atom is -0.516 e. The second-order valence-electron chi connectivity index (χ2n) is 8.12. The molecule has 2 aliphatic rings. The van der Waals surface area contributed by atoms with Crippen molar-refractivity contribution in [3.63, 3.8) is 0 Å². The fourth-order valence-electron chi connectivity index (χ4n) is 4.23. The lowest BCUT2D eigenvalue weighted by atomic mass is 10.1. The van der Waals surface area contributed by atoms with Gasteiger partial charge in [-0.25, -0.2) is 4.98 Å². The Morgan fingerprint density at radius 1 is 1.37 bits per heavy atom. The predicted molar refractivity (Wildman–Crippen MR) is 134 cm³/mol. The van der Waals surface area contributed by atoms with Crippen molar-refractivity contribution in [2.24, 2.45) is 0 Å². The maximum absolute atomic E-state index is 13.0. The summed E-state index contributed by atoms with van der Waals surface area (Å²) in [6.07, 6.45) is 6.01. The summed E-state index contributed by atoms with van der Waals surface area (Å²) in [5, 5.41) is 17.4. The Balaban J connectivity index is 1.31. The van der Waals surface area contributed by atoms with Crippen molar-refractivity contribution in [2.75, 3.05) is 41.9 Å². The van der Waals surface area contributed by atoms with Crippen molar-refractivity contribution in [3.8, 4) is 5.75 Å². The average molecular weight is 493 g/mol. The molecule has 0 bridgehead atoms. The molecule has 35 heavy (non-hydrogen) atoms. The van der Waals surface area contributed by atoms with Crippen molar-refractivity contribution < 1.29 is 19.4 Å². The van der Waals surface area contributed by atoms with Crippen LogP contribution >= 0.6 is 11.3 Å². The molecule has 0 saturated carbocycles. The zero-order valence-corrected chi connectivity index (χ0v) is 19.8. The highest BCUT2D eigenvalue weighted by atomic mass is 32.1. The van der Waals surface area contributed by atoms with Gasteiger partial charge in [0.25, 0.3) is 11.8 Å². The maximum atomic E-state index is 13.0. The number of nitrogens with one attached hydrogen (secondary N) is 2. The van der Waals surface area contributed by atoms with Crippen LogP contribution in [0, 0.1) is 0 Å². The number of hydrogen-bond donors (Lipinski definition) is 3. The molecular weight excluding hydrogens is 468 g/mol. The molecule has 1 atom stereocenters. The summed E-state index contributed by atoms with van der Waals surface area (Å²) in [7, 11) is 1.56. The van der Waals surface area contributed by atoms with Gasteiger partial charge in [0.2, 0.25) is 0 Å². The number of amides is 2. The third-order valence-corrected chi connectivity index (χ3v) is 6.85. The van der Waals surface area contributed by atoms with Gasteiger partial charge in [-0.1, -0.05) is 6.07 Å². The first-order chi connectivity index (χ1) is 17.1. The van der Waals surface area contributed by atoms with E-state index in [1.807, 2.05) is 18.2 Å². The van der Waals surface area contributed by atoms with Crippen LogP contribution in [0.5, 0.6) is 5.75 Å². The third kappa shape index (κ3) is 4.55. The molecular formula is C24H24N6O4S. The molecule has 2 aliphatic heterocycles. The molecule has 3 aromatic rings. The van der Waals surface area contributed by atoms with Gasteiger partial charge in [-0.2, -0.15) is 0 Å². The second-order valence-corrected chi connectivity index (χ2v) is 8.96. The van der Waals surface area contributed by atoms with E-state index in [0.717, 1.165) is 30.6 Å². The molecule has 2 amide bonds. The van der Waals surface area contributed by atoms with Gasteiger partial charge in [0, 0.05) is 42.8 Å². The molecule has 1 saturated heterocycles. The number of pyridine rings is 1. The lowest BCUT2D eigenvalue weighted by Gasteiger charge is -2.34. The van der Waals surface area contributed by atoms with E-state index < -0.39 is 0 Å². The van der Waals surface area contributed by atoms with Gasteiger partial charge >= 0.3 is 0 Å². The van der Waals surface area contributed by atoms with E-state index >= 15 is 0 Å². The summed E-state index contributed by atoms with van der Waals surface area (Å²) in [4.78, 5) is 38.3. The summed E-state index contributed by atoms with van der Waals surface area (Å²) >= 11 is 1.24. The summed E-state index contributed by atoms with van der Waals surface area (Å²) in [6, 6.07) is 7.26. The highest BCUT2D eigenvalue weighted by Gasteiger charge is 2.31. The van der Waals surface area contributed by atoms with Crippen LogP contribution in [0.25, 0.3) is 0 Å². The number of anilines is 3. The number of aliphatic hydroxyl groups excluding tert-OH is 1. The van der Waals surface area contributed by atoms with E-state index in [4.69, 9.17) is 9.84 Å². The van der Waals surface area contributed by atoms with Crippen LogP contribution < -0.4 is 25.2 Å². The molecule has 10 nitrogen and oxygen atoms in total. The first kappa shape index (κ1) is 22.8. The van der Waals surface area contributed by atoms with E-state index in [2.05, 4.69) is 25.5 Å². The Morgan fingerprint density at radius 3 is 3.09 bits per heavy atom. The highest BCUT2D eigenvalue weighted by Crippen LogP contribution is 2.33. The lowest BCUT2D eigenvalue weighted by molar-refractivity contribution is 0.0991. The summed E-state index contributed by atoms with van der Waals surface area (Å²) in [5.74, 6) is 0.0723. The fourth-order valence-corrected chi connectivity index (χ4v) is 5.03. The van der Waals surface area contributed by atoms with Crippen LogP contribution in [0.1, 0.15) is 26.4 Å². The van der Waals surface area contributed by atoms with E-state index in [-0.39, 0.29) is 23.6 Å². The van der Waals surface area contributed by atoms with Gasteiger partial charge in [0.15, 0.2) is 5.13 Å². The summed E-state index contributed by atoms with van der Waals surface area (Å²) in [6.45, 7) is 2.50. The minimum atomic E-state index is -0.380. The zero-order chi connectivity index (χ0) is 24.4. The number of nitrogens with zero attached hydrogens (tertiary/aromatic N) is 4. The molecule has 2 aromatic heterocycles. The SMILES string of the molecule is COc1ccc2c(c1)C(=O)N(c1nc(C(=O)Nc3cnccc3N3CCNC(/C=C/O)C3)cs1)C2. The number of benzene rings is 1. The van der Waals surface area contributed by atoms with Crippen LogP contribution in [0.3, 0.4) is 0 Å². The normalized spacial score (nSPS) is 17.6. The van der Waals surface area contributed by atoms with E-state index in [9.17, 15) is 9.59 Å². The Bertz CT molecular complexity index is 1290. The van der Waals surface area contributed by atoms with Crippen LogP contribution in [-0.2, 0) is 6.54 Å². The number of carbonyl (C=O) groups is 2. The van der Waals surface area contributed by atoms with Gasteiger partial charge < -0.3 is 25.4 Å². The van der Waals surface area contributed by atoms with Crippen LogP contribution in [0.4, 0.5) is 16.5 Å². The maximum Gasteiger partial charge on any atom is 0.275 e. The number of thiazole rings is 1. The molecule has 11 heteroatoms. The van der Waals surface area contributed by atoms with Crippen LogP contribution in [0.15, 0.2) is 54.4 Å². The number of hydrogen-bond acceptors (Lipinski definition) is 9. The third-order valence-electron chi connectivity index (χ3n) is 5.99. The average Bonchev–Trinajstić information content (AvgIpc) is 3.49. The molecule has 0 spiro atoms. The standard InChI is InChI=1S/C24H24N6O4S/c1-34-17-3-2-15-12-30(23(33)18(15)10-17)24-28-20(14-35-24)22(32)27-19-11-25-6-4-21(19)29-8-7-26-16(13-29)5-9-31/h2-6,9-11,14,16,26,31H,7-8,12-13H2,1H3,(H,27,32)/b9-5+. The molecule has 0 aliphatic carbocycles. The predicted octanol–water partition coefficient (Wildman–Crippen LogP) is 2.81. The molecule has 1 unspecified atom stereocenters. The zero-order valence-electron chi connectivity index (χ0n) is 19.0. The summed E-state index contributed by atoms with van der Waals surface area (Å²) < 4.78 is 5.23. The number of ether oxygens (including phenoxy) is 1. The van der Waals surface area contributed by atoms with Gasteiger partial charge in [-0.15, -0.1) is 11.3 Å². The van der Waals surface area contributed by atoms with Crippen molar-refractivity contribution >= 4 is 39.7 Å². The van der Waals surface area contributed by atoms with Crippen molar-refractivity contribution in [1.82, 2.24) is 15.3 Å². The molecule has 1 aromatic carbocycles. The smallest absolute Gasteiger partial charge is 0.275 e. The fraction of sp³-hybridized carbons (Fsp3) is 0.250. The Kier molecular flexibility index (Phi) is 6.34. The monoisotopic (exact) mass is 492 g/mol. The number of aliphatic hydroxyl groups is 1. The molecule has 5 rings (SSSR count). The minimum absolute atomic E-state index is 0.00588. The van der Waals surface area contributed by atoms with Crippen molar-refractivity contribution in [2.45, 2.75) is 12.6 Å². The lowest BCUT2D eigenvalue weighted by Crippen LogP contribution is -2.50. The first-order valence-corrected chi connectivity index (χ1v) is 11.9. The van der Waals surface area contributed by atoms with E-state index in [1.165, 1.54) is 11.3 Å². The summed E-state index contributed by atoms with van der Waals surface area (Å²) in [5.41, 5.74) is 3.10. The molecule has 3 N–H and O–H groups in total. The van der Waals surface area contributed by atoms with Crippen LogP contribution in [0.2, 0.25) is 0 Å². The highest BCUT2D eigenvalue weighted by molar-refractivity contribution is 7.14. The van der Waals surface area contributed by atoms with E-state index in [0.29, 0.717) is 35.2 Å². The first-order valence-electron chi connectivity index (χ1n) is 11.1. The van der Waals surface area contributed by atoms with Gasteiger partial charge in [0.05, 0.1) is 37.5 Å². The number of methoxy groups -OCH3 is 1. The number of carbonyl (C=O) groups excluding carboxylic acids is 2. The Hall–Kier alpha value is -3.96. The number of piperazine rings is 1. The Labute approximate surface area is 205 Å². The quantitative estimate of drug-likeness (QED) is 0.450. The van der Waals surface area contributed by atoms with Gasteiger partial charge in [0.1, 0.15) is 11.4 Å². The van der Waals surface area contributed by atoms with Gasteiger partial charge in [-0.05, 0) is 29.8 Å². The molecule has 0 radical (unpaired) electrons. The van der Waals surface area contributed by atoms with Crippen molar-refractivity contribution in [1.29, 1.82) is 0 Å².